The zero-order chi connectivity index (χ0) is 11.7. The molecule has 90 valence electrons. The maximum Gasteiger partial charge on any atom is 0.140 e. The molecule has 0 aliphatic rings. The summed E-state index contributed by atoms with van der Waals surface area (Å²) in [6.45, 7) is 6.16. The molecule has 0 unspecified atom stereocenters. The summed E-state index contributed by atoms with van der Waals surface area (Å²) in [6, 6.07) is 0. The Labute approximate surface area is 96.7 Å². The molecule has 0 aromatic rings. The van der Waals surface area contributed by atoms with Crippen LogP contribution in [-0.4, -0.2) is 35.1 Å². The van der Waals surface area contributed by atoms with Crippen molar-refractivity contribution in [3.8, 4) is 0 Å². The molecule has 0 rings (SSSR count). The third kappa shape index (κ3) is 5.28. The van der Waals surface area contributed by atoms with Gasteiger partial charge in [-0.1, -0.05) is 19.0 Å². The lowest BCUT2D eigenvalue weighted by Gasteiger charge is -2.29. The number of hydrogen-bond acceptors (Lipinski definition) is 4. The van der Waals surface area contributed by atoms with Gasteiger partial charge in [0, 0.05) is 24.3 Å². The molecule has 0 aromatic heterocycles. The smallest absolute Gasteiger partial charge is 0.140 e. The molecule has 0 radical (unpaired) electrons. The van der Waals surface area contributed by atoms with Crippen LogP contribution < -0.4 is 11.1 Å². The summed E-state index contributed by atoms with van der Waals surface area (Å²) in [5, 5.41) is 14.6. The molecule has 0 heterocycles. The Hall–Kier alpha value is -0.420. The fourth-order valence-corrected chi connectivity index (χ4v) is 2.27. The molecule has 4 nitrogen and oxygen atoms in total. The van der Waals surface area contributed by atoms with Crippen LogP contribution in [0.5, 0.6) is 0 Å². The monoisotopic (exact) mass is 233 g/mol. The third-order valence-electron chi connectivity index (χ3n) is 2.86. The molecule has 0 saturated heterocycles. The van der Waals surface area contributed by atoms with Gasteiger partial charge in [0.25, 0.3) is 0 Å². The van der Waals surface area contributed by atoms with E-state index in [4.69, 9.17) is 10.9 Å². The van der Waals surface area contributed by atoms with Crippen molar-refractivity contribution in [2.75, 3.05) is 19.3 Å². The van der Waals surface area contributed by atoms with Crippen LogP contribution in [0.3, 0.4) is 0 Å². The topological polar surface area (TPSA) is 70.6 Å². The van der Waals surface area contributed by atoms with E-state index in [1.54, 1.807) is 0 Å². The highest BCUT2D eigenvalue weighted by molar-refractivity contribution is 8.00. The molecule has 0 saturated carbocycles. The minimum Gasteiger partial charge on any atom is -0.409 e. The predicted molar refractivity (Wildman–Crippen MR) is 67.7 cm³/mol. The fraction of sp³-hybridized carbons (Fsp3) is 0.900. The molecule has 5 heteroatoms. The van der Waals surface area contributed by atoms with Crippen molar-refractivity contribution < 1.29 is 5.21 Å². The van der Waals surface area contributed by atoms with E-state index in [1.807, 2.05) is 11.8 Å². The van der Waals surface area contributed by atoms with E-state index in [0.29, 0.717) is 11.2 Å². The molecule has 4 N–H and O–H groups in total. The minimum atomic E-state index is 0.283. The second-order valence-corrected chi connectivity index (χ2v) is 4.89. The molecular weight excluding hydrogens is 210 g/mol. The Kier molecular flexibility index (Phi) is 7.60. The first-order valence-electron chi connectivity index (χ1n) is 5.36. The summed E-state index contributed by atoms with van der Waals surface area (Å²) in [4.78, 5) is 0. The van der Waals surface area contributed by atoms with Crippen LogP contribution in [0, 0.1) is 0 Å². The van der Waals surface area contributed by atoms with E-state index in [1.165, 1.54) is 0 Å². The van der Waals surface area contributed by atoms with E-state index >= 15 is 0 Å². The highest BCUT2D eigenvalue weighted by atomic mass is 32.2. The third-order valence-corrected chi connectivity index (χ3v) is 4.44. The Morgan fingerprint density at radius 2 is 2.07 bits per heavy atom. The molecule has 0 bridgehead atoms. The first-order chi connectivity index (χ1) is 7.14. The summed E-state index contributed by atoms with van der Waals surface area (Å²) >= 11 is 1.91. The van der Waals surface area contributed by atoms with Gasteiger partial charge in [-0.25, -0.2) is 0 Å². The van der Waals surface area contributed by atoms with Crippen LogP contribution in [0.2, 0.25) is 0 Å². The predicted octanol–water partition coefficient (Wildman–Crippen LogP) is 1.63. The van der Waals surface area contributed by atoms with Gasteiger partial charge in [0.1, 0.15) is 5.84 Å². The quantitative estimate of drug-likeness (QED) is 0.196. The van der Waals surface area contributed by atoms with Crippen LogP contribution in [0.25, 0.3) is 0 Å². The fourth-order valence-electron chi connectivity index (χ4n) is 1.44. The van der Waals surface area contributed by atoms with Crippen LogP contribution in [0.1, 0.15) is 33.1 Å². The Bertz CT molecular complexity index is 185. The average Bonchev–Trinajstić information content (AvgIpc) is 2.30. The number of nitrogens with one attached hydrogen (secondary N) is 1. The van der Waals surface area contributed by atoms with Crippen molar-refractivity contribution in [2.24, 2.45) is 10.9 Å². The number of rotatable bonds is 8. The summed E-state index contributed by atoms with van der Waals surface area (Å²) in [7, 11) is 0. The van der Waals surface area contributed by atoms with Gasteiger partial charge in [0.2, 0.25) is 0 Å². The lowest BCUT2D eigenvalue weighted by molar-refractivity contribution is 0.316. The number of hydrogen-bond donors (Lipinski definition) is 3. The zero-order valence-corrected chi connectivity index (χ0v) is 10.7. The van der Waals surface area contributed by atoms with Crippen molar-refractivity contribution in [3.05, 3.63) is 0 Å². The van der Waals surface area contributed by atoms with Gasteiger partial charge in [-0.3, -0.25) is 0 Å². The largest absolute Gasteiger partial charge is 0.409 e. The first-order valence-corrected chi connectivity index (χ1v) is 6.58. The Morgan fingerprint density at radius 3 is 2.47 bits per heavy atom. The molecule has 0 aliphatic heterocycles. The second-order valence-electron chi connectivity index (χ2n) is 3.61. The van der Waals surface area contributed by atoms with Gasteiger partial charge in [0.15, 0.2) is 0 Å². The molecule has 15 heavy (non-hydrogen) atoms. The van der Waals surface area contributed by atoms with Crippen LogP contribution in [0.15, 0.2) is 5.16 Å². The maximum absolute atomic E-state index is 8.36. The highest BCUT2D eigenvalue weighted by Crippen LogP contribution is 2.29. The van der Waals surface area contributed by atoms with Gasteiger partial charge in [-0.2, -0.15) is 11.8 Å². The number of thioether (sulfide) groups is 1. The average molecular weight is 233 g/mol. The minimum absolute atomic E-state index is 0.283. The van der Waals surface area contributed by atoms with Crippen LogP contribution in [0.4, 0.5) is 0 Å². The molecule has 0 spiro atoms. The lowest BCUT2D eigenvalue weighted by atomic mass is 10.0. The molecule has 0 amide bonds. The molecule has 0 fully saturated rings. The van der Waals surface area contributed by atoms with Gasteiger partial charge in [-0.15, -0.1) is 0 Å². The van der Waals surface area contributed by atoms with Crippen LogP contribution in [-0.2, 0) is 0 Å². The summed E-state index contributed by atoms with van der Waals surface area (Å²) < 4.78 is 0.325. The van der Waals surface area contributed by atoms with Gasteiger partial charge < -0.3 is 16.3 Å². The van der Waals surface area contributed by atoms with Crippen molar-refractivity contribution in [2.45, 2.75) is 37.9 Å². The van der Waals surface area contributed by atoms with Gasteiger partial charge in [0.05, 0.1) is 0 Å². The van der Waals surface area contributed by atoms with Gasteiger partial charge >= 0.3 is 0 Å². The molecule has 0 aromatic carbocycles. The number of oxime groups is 1. The van der Waals surface area contributed by atoms with Crippen molar-refractivity contribution in [1.29, 1.82) is 0 Å². The maximum atomic E-state index is 8.36. The van der Waals surface area contributed by atoms with E-state index in [0.717, 1.165) is 25.9 Å². The highest BCUT2D eigenvalue weighted by Gasteiger charge is 2.23. The Morgan fingerprint density at radius 1 is 1.47 bits per heavy atom. The van der Waals surface area contributed by atoms with Crippen molar-refractivity contribution in [3.63, 3.8) is 0 Å². The number of nitrogens with zero attached hydrogens (tertiary/aromatic N) is 1. The first kappa shape index (κ1) is 14.6. The van der Waals surface area contributed by atoms with E-state index < -0.39 is 0 Å². The van der Waals surface area contributed by atoms with Gasteiger partial charge in [-0.05, 0) is 19.1 Å². The summed E-state index contributed by atoms with van der Waals surface area (Å²) in [6.07, 6.45) is 5.05. The lowest BCUT2D eigenvalue weighted by Crippen LogP contribution is -2.37. The molecule has 0 atom stereocenters. The zero-order valence-electron chi connectivity index (χ0n) is 9.92. The number of nitrogens with two attached hydrogens (primary N) is 1. The second kappa shape index (κ2) is 7.82. The molecular formula is C10H23N3OS. The standard InChI is InChI=1S/C10H23N3OS/c1-4-10(5-2,15-3)8-12-7-6-9(11)13-14/h12,14H,4-8H2,1-3H3,(H2,11,13). The van der Waals surface area contributed by atoms with E-state index in [2.05, 4.69) is 30.6 Å². The van der Waals surface area contributed by atoms with E-state index in [9.17, 15) is 0 Å². The number of amidine groups is 1. The van der Waals surface area contributed by atoms with Crippen molar-refractivity contribution >= 4 is 17.6 Å². The van der Waals surface area contributed by atoms with E-state index in [-0.39, 0.29) is 5.84 Å². The SMILES string of the molecule is CCC(CC)(CNCCC(N)=NO)SC. The summed E-state index contributed by atoms with van der Waals surface area (Å²) in [5.41, 5.74) is 5.38. The normalized spacial score (nSPS) is 13.1. The van der Waals surface area contributed by atoms with Crippen molar-refractivity contribution in [1.82, 2.24) is 5.32 Å². The molecule has 0 aliphatic carbocycles. The Balaban J connectivity index is 3.81. The summed E-state index contributed by atoms with van der Waals surface area (Å²) in [5.74, 6) is 0.283. The van der Waals surface area contributed by atoms with Crippen LogP contribution >= 0.6 is 11.8 Å².